The molecule has 0 aliphatic carbocycles. The first kappa shape index (κ1) is 13.1. The fourth-order valence-electron chi connectivity index (χ4n) is 2.16. The number of hydrogen-bond donors (Lipinski definition) is 1. The Labute approximate surface area is 110 Å². The number of non-ortho nitro benzene ring substituents is 1. The van der Waals surface area contributed by atoms with E-state index in [1.165, 1.54) is 11.0 Å². The van der Waals surface area contributed by atoms with Gasteiger partial charge in [0.05, 0.1) is 4.92 Å². The van der Waals surface area contributed by atoms with Gasteiger partial charge in [0.25, 0.3) is 5.69 Å². The fraction of sp³-hybridized carbons (Fsp3) is 0.308. The molecule has 6 nitrogen and oxygen atoms in total. The molecule has 0 aromatic heterocycles. The Morgan fingerprint density at radius 2 is 2.21 bits per heavy atom. The van der Waals surface area contributed by atoms with E-state index in [0.717, 1.165) is 16.7 Å². The van der Waals surface area contributed by atoms with Gasteiger partial charge in [0.1, 0.15) is 0 Å². The summed E-state index contributed by atoms with van der Waals surface area (Å²) in [5.74, 6) is 0. The number of nitrogens with zero attached hydrogens (tertiary/aromatic N) is 2. The van der Waals surface area contributed by atoms with Gasteiger partial charge in [-0.1, -0.05) is 12.1 Å². The second kappa shape index (κ2) is 5.09. The monoisotopic (exact) mass is 262 g/mol. The fourth-order valence-corrected chi connectivity index (χ4v) is 2.16. The number of carbonyl (C=O) groups is 1. The molecule has 19 heavy (non-hydrogen) atoms. The van der Waals surface area contributed by atoms with Crippen molar-refractivity contribution in [3.05, 3.63) is 45.5 Å². The number of carboxylic acid groups (broad SMARTS) is 1. The first-order chi connectivity index (χ1) is 8.99. The van der Waals surface area contributed by atoms with E-state index in [1.54, 1.807) is 12.1 Å². The van der Waals surface area contributed by atoms with Crippen LogP contribution in [0, 0.1) is 17.0 Å². The van der Waals surface area contributed by atoms with E-state index in [1.807, 2.05) is 13.0 Å². The molecule has 6 heteroatoms. The Hall–Kier alpha value is -2.37. The molecule has 0 radical (unpaired) electrons. The van der Waals surface area contributed by atoms with Crippen LogP contribution in [0.4, 0.5) is 10.5 Å². The van der Waals surface area contributed by atoms with E-state index in [0.29, 0.717) is 19.5 Å². The molecule has 0 unspecified atom stereocenters. The van der Waals surface area contributed by atoms with Crippen LogP contribution in [0.2, 0.25) is 0 Å². The molecule has 1 amide bonds. The van der Waals surface area contributed by atoms with Crippen molar-refractivity contribution >= 4 is 17.4 Å². The maximum Gasteiger partial charge on any atom is 0.407 e. The van der Waals surface area contributed by atoms with Crippen LogP contribution in [0.3, 0.4) is 0 Å². The quantitative estimate of drug-likeness (QED) is 0.656. The maximum absolute atomic E-state index is 10.8. The summed E-state index contributed by atoms with van der Waals surface area (Å²) >= 11 is 0. The zero-order valence-electron chi connectivity index (χ0n) is 10.5. The normalized spacial score (nSPS) is 15.0. The first-order valence-electron chi connectivity index (χ1n) is 5.91. The lowest BCUT2D eigenvalue weighted by Crippen LogP contribution is -2.33. The lowest BCUT2D eigenvalue weighted by atomic mass is 9.95. The summed E-state index contributed by atoms with van der Waals surface area (Å²) in [5, 5.41) is 19.7. The molecule has 0 saturated carbocycles. The molecule has 0 spiro atoms. The van der Waals surface area contributed by atoms with Gasteiger partial charge in [-0.2, -0.15) is 0 Å². The predicted octanol–water partition coefficient (Wildman–Crippen LogP) is 2.67. The maximum atomic E-state index is 10.8. The number of aryl methyl sites for hydroxylation is 1. The highest BCUT2D eigenvalue weighted by molar-refractivity contribution is 5.73. The standard InChI is InChI=1S/C13H14N2O4/c1-9-2-3-11(15(18)19)8-12(9)10-4-6-14(7-5-10)13(16)17/h2-4,8H,5-7H2,1H3,(H,16,17). The van der Waals surface area contributed by atoms with Gasteiger partial charge in [-0.3, -0.25) is 10.1 Å². The van der Waals surface area contributed by atoms with Gasteiger partial charge in [-0.05, 0) is 30.0 Å². The number of hydrogen-bond acceptors (Lipinski definition) is 3. The van der Waals surface area contributed by atoms with Crippen molar-refractivity contribution < 1.29 is 14.8 Å². The van der Waals surface area contributed by atoms with Crippen molar-refractivity contribution in [2.24, 2.45) is 0 Å². The summed E-state index contributed by atoms with van der Waals surface area (Å²) in [5.41, 5.74) is 2.82. The summed E-state index contributed by atoms with van der Waals surface area (Å²) in [4.78, 5) is 22.5. The van der Waals surface area contributed by atoms with Crippen LogP contribution in [0.25, 0.3) is 5.57 Å². The second-order valence-electron chi connectivity index (χ2n) is 4.46. The number of amides is 1. The number of benzene rings is 1. The Kier molecular flexibility index (Phi) is 3.50. The Balaban J connectivity index is 2.30. The van der Waals surface area contributed by atoms with Crippen molar-refractivity contribution in [2.45, 2.75) is 13.3 Å². The molecule has 1 heterocycles. The molecule has 2 rings (SSSR count). The van der Waals surface area contributed by atoms with Crippen LogP contribution in [0.1, 0.15) is 17.5 Å². The van der Waals surface area contributed by atoms with Crippen molar-refractivity contribution in [1.82, 2.24) is 4.90 Å². The summed E-state index contributed by atoms with van der Waals surface area (Å²) in [7, 11) is 0. The van der Waals surface area contributed by atoms with Gasteiger partial charge in [0.2, 0.25) is 0 Å². The highest BCUT2D eigenvalue weighted by Gasteiger charge is 2.19. The van der Waals surface area contributed by atoms with Gasteiger partial charge in [0.15, 0.2) is 0 Å². The van der Waals surface area contributed by atoms with E-state index >= 15 is 0 Å². The third kappa shape index (κ3) is 2.73. The summed E-state index contributed by atoms with van der Waals surface area (Å²) in [6.45, 7) is 2.64. The number of rotatable bonds is 2. The van der Waals surface area contributed by atoms with Crippen LogP contribution in [0.5, 0.6) is 0 Å². The minimum atomic E-state index is -0.939. The highest BCUT2D eigenvalue weighted by Crippen LogP contribution is 2.28. The molecule has 0 fully saturated rings. The van der Waals surface area contributed by atoms with Gasteiger partial charge in [0, 0.05) is 25.2 Å². The molecule has 0 bridgehead atoms. The van der Waals surface area contributed by atoms with E-state index in [2.05, 4.69) is 0 Å². The minimum absolute atomic E-state index is 0.0576. The third-order valence-corrected chi connectivity index (χ3v) is 3.26. The van der Waals surface area contributed by atoms with E-state index in [-0.39, 0.29) is 5.69 Å². The summed E-state index contributed by atoms with van der Waals surface area (Å²) in [6, 6.07) is 4.75. The average molecular weight is 262 g/mol. The third-order valence-electron chi connectivity index (χ3n) is 3.26. The van der Waals surface area contributed by atoms with Crippen LogP contribution < -0.4 is 0 Å². The predicted molar refractivity (Wildman–Crippen MR) is 70.0 cm³/mol. The molecule has 1 aliphatic heterocycles. The lowest BCUT2D eigenvalue weighted by Gasteiger charge is -2.24. The second-order valence-corrected chi connectivity index (χ2v) is 4.46. The van der Waals surface area contributed by atoms with Crippen molar-refractivity contribution in [2.75, 3.05) is 13.1 Å². The van der Waals surface area contributed by atoms with Crippen LogP contribution in [-0.2, 0) is 0 Å². The topological polar surface area (TPSA) is 83.7 Å². The molecule has 1 aliphatic rings. The van der Waals surface area contributed by atoms with Gasteiger partial charge < -0.3 is 10.0 Å². The van der Waals surface area contributed by atoms with E-state index in [4.69, 9.17) is 5.11 Å². The Bertz CT molecular complexity index is 566. The largest absolute Gasteiger partial charge is 0.465 e. The van der Waals surface area contributed by atoms with Crippen LogP contribution in [-0.4, -0.2) is 34.1 Å². The van der Waals surface area contributed by atoms with Crippen molar-refractivity contribution in [3.8, 4) is 0 Å². The number of nitro groups is 1. The van der Waals surface area contributed by atoms with Crippen molar-refractivity contribution in [3.63, 3.8) is 0 Å². The number of nitro benzene ring substituents is 1. The van der Waals surface area contributed by atoms with E-state index < -0.39 is 11.0 Å². The molecular formula is C13H14N2O4. The first-order valence-corrected chi connectivity index (χ1v) is 5.91. The van der Waals surface area contributed by atoms with Gasteiger partial charge >= 0.3 is 6.09 Å². The SMILES string of the molecule is Cc1ccc([N+](=O)[O-])cc1C1=CCN(C(=O)O)CC1. The molecule has 0 atom stereocenters. The summed E-state index contributed by atoms with van der Waals surface area (Å²) in [6.07, 6.45) is 1.46. The van der Waals surface area contributed by atoms with Crippen LogP contribution in [0.15, 0.2) is 24.3 Å². The van der Waals surface area contributed by atoms with Gasteiger partial charge in [-0.25, -0.2) is 4.79 Å². The summed E-state index contributed by atoms with van der Waals surface area (Å²) < 4.78 is 0. The Morgan fingerprint density at radius 3 is 2.74 bits per heavy atom. The molecule has 1 aromatic carbocycles. The highest BCUT2D eigenvalue weighted by atomic mass is 16.6. The molecule has 100 valence electrons. The molecule has 0 saturated heterocycles. The van der Waals surface area contributed by atoms with Crippen LogP contribution >= 0.6 is 0 Å². The van der Waals surface area contributed by atoms with Gasteiger partial charge in [-0.15, -0.1) is 0 Å². The zero-order valence-corrected chi connectivity index (χ0v) is 10.5. The molecule has 1 aromatic rings. The molecular weight excluding hydrogens is 248 g/mol. The van der Waals surface area contributed by atoms with E-state index in [9.17, 15) is 14.9 Å². The molecule has 1 N–H and O–H groups in total. The minimum Gasteiger partial charge on any atom is -0.465 e. The lowest BCUT2D eigenvalue weighted by molar-refractivity contribution is -0.384. The van der Waals surface area contributed by atoms with Crippen molar-refractivity contribution in [1.29, 1.82) is 0 Å². The smallest absolute Gasteiger partial charge is 0.407 e. The Morgan fingerprint density at radius 1 is 1.47 bits per heavy atom. The zero-order chi connectivity index (χ0) is 14.0. The average Bonchev–Trinajstić information content (AvgIpc) is 2.39.